The van der Waals surface area contributed by atoms with Gasteiger partial charge < -0.3 is 9.84 Å². The smallest absolute Gasteiger partial charge is 0.0500 e. The van der Waals surface area contributed by atoms with Crippen molar-refractivity contribution in [3.63, 3.8) is 0 Å². The van der Waals surface area contributed by atoms with Gasteiger partial charge in [-0.05, 0) is 29.5 Å². The van der Waals surface area contributed by atoms with Crippen LogP contribution in [-0.2, 0) is 11.2 Å². The number of benzene rings is 2. The number of aliphatic hydroxyl groups is 1. The summed E-state index contributed by atoms with van der Waals surface area (Å²) in [6.45, 7) is 0.882. The molecule has 1 aliphatic carbocycles. The van der Waals surface area contributed by atoms with Gasteiger partial charge in [-0.2, -0.15) is 0 Å². The average molecular weight is 296 g/mol. The normalized spacial score (nSPS) is 13.2. The molecule has 0 amide bonds. The zero-order chi connectivity index (χ0) is 15.6. The molecule has 0 radical (unpaired) electrons. The highest BCUT2D eigenvalue weighted by atomic mass is 16.5. The van der Waals surface area contributed by atoms with E-state index >= 15 is 0 Å². The van der Waals surface area contributed by atoms with Crippen molar-refractivity contribution < 1.29 is 9.84 Å². The van der Waals surface area contributed by atoms with Crippen LogP contribution in [0.3, 0.4) is 0 Å². The molecule has 0 spiro atoms. The minimum atomic E-state index is 0.188. The molecule has 2 aromatic rings. The standard InChI is InChI=1S/C11H16O2.C9H8/c1-13-8-7-11(9-12)10-5-3-2-4-6-10;1-2-5-9-7-3-6-8(9)4-1/h2-6,11-12H,7-9H2,1H3;1-6H,7H2. The van der Waals surface area contributed by atoms with Crippen LogP contribution < -0.4 is 0 Å². The first kappa shape index (κ1) is 16.5. The quantitative estimate of drug-likeness (QED) is 0.902. The highest BCUT2D eigenvalue weighted by molar-refractivity contribution is 5.59. The fraction of sp³-hybridized carbons (Fsp3) is 0.300. The molecule has 0 aliphatic heterocycles. The lowest BCUT2D eigenvalue weighted by molar-refractivity contribution is 0.170. The van der Waals surface area contributed by atoms with E-state index in [1.165, 1.54) is 16.7 Å². The van der Waals surface area contributed by atoms with Gasteiger partial charge in [0.05, 0.1) is 6.61 Å². The molecule has 0 fully saturated rings. The highest BCUT2D eigenvalue weighted by Gasteiger charge is 2.08. The second kappa shape index (κ2) is 9.19. The Balaban J connectivity index is 0.000000170. The van der Waals surface area contributed by atoms with Crippen molar-refractivity contribution in [2.45, 2.75) is 18.8 Å². The molecule has 0 aromatic heterocycles. The fourth-order valence-electron chi connectivity index (χ4n) is 2.54. The highest BCUT2D eigenvalue weighted by Crippen LogP contribution is 2.18. The van der Waals surface area contributed by atoms with Crippen LogP contribution in [0, 0.1) is 0 Å². The average Bonchev–Trinajstić information content (AvgIpc) is 3.06. The molecule has 0 heterocycles. The largest absolute Gasteiger partial charge is 0.396 e. The molecule has 1 unspecified atom stereocenters. The van der Waals surface area contributed by atoms with E-state index in [9.17, 15) is 0 Å². The van der Waals surface area contributed by atoms with Gasteiger partial charge in [-0.1, -0.05) is 66.7 Å². The molecule has 1 atom stereocenters. The Morgan fingerprint density at radius 1 is 1.05 bits per heavy atom. The number of hydrogen-bond acceptors (Lipinski definition) is 2. The number of aliphatic hydroxyl groups excluding tert-OH is 1. The minimum absolute atomic E-state index is 0.188. The van der Waals surface area contributed by atoms with E-state index in [4.69, 9.17) is 9.84 Å². The monoisotopic (exact) mass is 296 g/mol. The predicted octanol–water partition coefficient (Wildman–Crippen LogP) is 4.05. The summed E-state index contributed by atoms with van der Waals surface area (Å²) in [6.07, 6.45) is 6.37. The van der Waals surface area contributed by atoms with Gasteiger partial charge in [0.1, 0.15) is 0 Å². The van der Waals surface area contributed by atoms with Crippen molar-refractivity contribution in [2.75, 3.05) is 20.3 Å². The van der Waals surface area contributed by atoms with E-state index in [1.807, 2.05) is 30.3 Å². The Morgan fingerprint density at radius 2 is 1.77 bits per heavy atom. The number of rotatable bonds is 5. The van der Waals surface area contributed by atoms with Crippen molar-refractivity contribution in [3.8, 4) is 0 Å². The molecular weight excluding hydrogens is 272 g/mol. The maximum atomic E-state index is 9.15. The minimum Gasteiger partial charge on any atom is -0.396 e. The maximum absolute atomic E-state index is 9.15. The second-order valence-electron chi connectivity index (χ2n) is 5.38. The van der Waals surface area contributed by atoms with E-state index < -0.39 is 0 Å². The summed E-state index contributed by atoms with van der Waals surface area (Å²) in [5.74, 6) is 0.209. The van der Waals surface area contributed by atoms with Gasteiger partial charge in [-0.3, -0.25) is 0 Å². The molecule has 116 valence electrons. The van der Waals surface area contributed by atoms with E-state index in [2.05, 4.69) is 36.4 Å². The second-order valence-corrected chi connectivity index (χ2v) is 5.38. The summed E-state index contributed by atoms with van der Waals surface area (Å²) in [5, 5.41) is 9.15. The molecule has 3 rings (SSSR count). The van der Waals surface area contributed by atoms with Crippen molar-refractivity contribution in [2.24, 2.45) is 0 Å². The van der Waals surface area contributed by atoms with Gasteiger partial charge in [0.15, 0.2) is 0 Å². The topological polar surface area (TPSA) is 29.5 Å². The molecular formula is C20H24O2. The molecule has 22 heavy (non-hydrogen) atoms. The van der Waals surface area contributed by atoms with Gasteiger partial charge in [-0.15, -0.1) is 0 Å². The van der Waals surface area contributed by atoms with Gasteiger partial charge in [-0.25, -0.2) is 0 Å². The van der Waals surface area contributed by atoms with E-state index in [-0.39, 0.29) is 12.5 Å². The van der Waals surface area contributed by atoms with Crippen molar-refractivity contribution in [1.29, 1.82) is 0 Å². The van der Waals surface area contributed by atoms with Gasteiger partial charge in [0.2, 0.25) is 0 Å². The maximum Gasteiger partial charge on any atom is 0.0500 e. The first-order valence-corrected chi connectivity index (χ1v) is 7.74. The van der Waals surface area contributed by atoms with E-state index in [0.717, 1.165) is 12.8 Å². The number of fused-ring (bicyclic) bond motifs is 1. The van der Waals surface area contributed by atoms with Crippen LogP contribution in [0.1, 0.15) is 29.0 Å². The molecule has 1 aliphatic rings. The van der Waals surface area contributed by atoms with Crippen LogP contribution in [0.4, 0.5) is 0 Å². The SMILES string of the molecule is C1=Cc2ccccc2C1.COCCC(CO)c1ccccc1. The predicted molar refractivity (Wildman–Crippen MR) is 91.9 cm³/mol. The molecule has 0 saturated heterocycles. The summed E-state index contributed by atoms with van der Waals surface area (Å²) < 4.78 is 4.98. The summed E-state index contributed by atoms with van der Waals surface area (Å²) in [6, 6.07) is 18.5. The van der Waals surface area contributed by atoms with E-state index in [1.54, 1.807) is 7.11 Å². The number of hydrogen-bond donors (Lipinski definition) is 1. The van der Waals surface area contributed by atoms with Crippen LogP contribution in [0.2, 0.25) is 0 Å². The van der Waals surface area contributed by atoms with E-state index in [0.29, 0.717) is 6.61 Å². The number of allylic oxidation sites excluding steroid dienone is 1. The molecule has 2 aromatic carbocycles. The van der Waals surface area contributed by atoms with Gasteiger partial charge in [0.25, 0.3) is 0 Å². The first-order chi connectivity index (χ1) is 10.8. The van der Waals surface area contributed by atoms with Gasteiger partial charge in [0, 0.05) is 19.6 Å². The number of methoxy groups -OCH3 is 1. The number of ether oxygens (including phenoxy) is 1. The van der Waals surface area contributed by atoms with Crippen molar-refractivity contribution in [1.82, 2.24) is 0 Å². The Kier molecular flexibility index (Phi) is 6.88. The van der Waals surface area contributed by atoms with Crippen molar-refractivity contribution >= 4 is 6.08 Å². The third kappa shape index (κ3) is 4.83. The summed E-state index contributed by atoms with van der Waals surface area (Å²) in [7, 11) is 1.68. The van der Waals surface area contributed by atoms with Crippen LogP contribution in [0.5, 0.6) is 0 Å². The zero-order valence-corrected chi connectivity index (χ0v) is 13.1. The third-order valence-corrected chi connectivity index (χ3v) is 3.85. The third-order valence-electron chi connectivity index (χ3n) is 3.85. The molecule has 1 N–H and O–H groups in total. The lowest BCUT2D eigenvalue weighted by Gasteiger charge is -2.13. The molecule has 2 heteroatoms. The molecule has 0 saturated carbocycles. The Hall–Kier alpha value is -1.90. The van der Waals surface area contributed by atoms with Crippen molar-refractivity contribution in [3.05, 3.63) is 77.4 Å². The summed E-state index contributed by atoms with van der Waals surface area (Å²) >= 11 is 0. The van der Waals surface area contributed by atoms with Crippen LogP contribution in [0.25, 0.3) is 6.08 Å². The molecule has 0 bridgehead atoms. The Labute approximate surface area is 133 Å². The summed E-state index contributed by atoms with van der Waals surface area (Å²) in [5.41, 5.74) is 4.03. The summed E-state index contributed by atoms with van der Waals surface area (Å²) in [4.78, 5) is 0. The van der Waals surface area contributed by atoms with Gasteiger partial charge >= 0.3 is 0 Å². The van der Waals surface area contributed by atoms with Crippen LogP contribution >= 0.6 is 0 Å². The Morgan fingerprint density at radius 3 is 2.45 bits per heavy atom. The van der Waals surface area contributed by atoms with Crippen LogP contribution in [-0.4, -0.2) is 25.4 Å². The Bertz CT molecular complexity index is 575. The lowest BCUT2D eigenvalue weighted by atomic mass is 9.97. The molecule has 2 nitrogen and oxygen atoms in total. The zero-order valence-electron chi connectivity index (χ0n) is 13.1. The lowest BCUT2D eigenvalue weighted by Crippen LogP contribution is -2.07. The fourth-order valence-corrected chi connectivity index (χ4v) is 2.54. The first-order valence-electron chi connectivity index (χ1n) is 7.74. The van der Waals surface area contributed by atoms with Crippen LogP contribution in [0.15, 0.2) is 60.7 Å².